The lowest BCUT2D eigenvalue weighted by Gasteiger charge is -1.96. The normalized spacial score (nSPS) is 9.73. The van der Waals surface area contributed by atoms with Crippen LogP contribution in [-0.4, -0.2) is 4.98 Å². The van der Waals surface area contributed by atoms with Crippen molar-refractivity contribution in [2.45, 2.75) is 0 Å². The highest BCUT2D eigenvalue weighted by Crippen LogP contribution is 2.33. The number of halogens is 3. The Bertz CT molecular complexity index is 456. The second-order valence-corrected chi connectivity index (χ2v) is 5.03. The predicted octanol–water partition coefficient (Wildman–Crippen LogP) is 3.87. The third kappa shape index (κ3) is 2.76. The van der Waals surface area contributed by atoms with Gasteiger partial charge < -0.3 is 5.73 Å². The summed E-state index contributed by atoms with van der Waals surface area (Å²) in [6, 6.07) is 6.15. The van der Waals surface area contributed by atoms with Crippen LogP contribution in [0.15, 0.2) is 28.1 Å². The first-order valence-electron chi connectivity index (χ1n) is 3.84. The number of hydrogen-bond acceptors (Lipinski definition) is 3. The van der Waals surface area contributed by atoms with E-state index in [0.29, 0.717) is 5.13 Å². The molecule has 0 aliphatic carbocycles. The van der Waals surface area contributed by atoms with Crippen LogP contribution in [0.4, 0.5) is 9.52 Å². The zero-order valence-corrected chi connectivity index (χ0v) is 11.5. The third-order valence-electron chi connectivity index (χ3n) is 1.72. The number of hydrogen-bond donors (Lipinski definition) is 1. The van der Waals surface area contributed by atoms with Crippen molar-refractivity contribution in [3.63, 3.8) is 0 Å². The summed E-state index contributed by atoms with van der Waals surface area (Å²) >= 11 is 4.71. The van der Waals surface area contributed by atoms with Gasteiger partial charge in [-0.2, -0.15) is 0 Å². The average molecular weight is 354 g/mol. The molecule has 6 heteroatoms. The molecule has 2 nitrogen and oxygen atoms in total. The van der Waals surface area contributed by atoms with Crippen LogP contribution in [0.2, 0.25) is 0 Å². The van der Waals surface area contributed by atoms with Gasteiger partial charge in [0.1, 0.15) is 5.82 Å². The molecule has 0 fully saturated rings. The Labute approximate surface area is 109 Å². The summed E-state index contributed by atoms with van der Waals surface area (Å²) in [5, 5.41) is 0.496. The van der Waals surface area contributed by atoms with E-state index in [1.165, 1.54) is 23.5 Å². The van der Waals surface area contributed by atoms with Crippen LogP contribution < -0.4 is 5.73 Å². The number of nitrogen functional groups attached to an aromatic ring is 1. The van der Waals surface area contributed by atoms with Gasteiger partial charge in [0.15, 0.2) is 5.13 Å². The Hall–Kier alpha value is -0.460. The Balaban J connectivity index is 0.00000112. The lowest BCUT2D eigenvalue weighted by Crippen LogP contribution is -1.83. The number of anilines is 1. The highest BCUT2D eigenvalue weighted by Gasteiger charge is 2.08. The average Bonchev–Trinajstić information content (AvgIpc) is 2.47. The van der Waals surface area contributed by atoms with Crippen LogP contribution in [0.5, 0.6) is 0 Å². The van der Waals surface area contributed by atoms with E-state index in [0.717, 1.165) is 15.0 Å². The molecule has 0 radical (unpaired) electrons. The fraction of sp³-hybridized carbons (Fsp3) is 0. The van der Waals surface area contributed by atoms with Crippen molar-refractivity contribution in [3.8, 4) is 11.3 Å². The van der Waals surface area contributed by atoms with E-state index < -0.39 is 0 Å². The maximum absolute atomic E-state index is 12.7. The van der Waals surface area contributed by atoms with Gasteiger partial charge in [0.2, 0.25) is 0 Å². The van der Waals surface area contributed by atoms with Crippen molar-refractivity contribution < 1.29 is 4.39 Å². The first-order valence-corrected chi connectivity index (χ1v) is 5.45. The summed E-state index contributed by atoms with van der Waals surface area (Å²) in [6.07, 6.45) is 0. The third-order valence-corrected chi connectivity index (χ3v) is 3.25. The van der Waals surface area contributed by atoms with Crippen LogP contribution in [0, 0.1) is 5.82 Å². The first-order chi connectivity index (χ1) is 6.66. The maximum Gasteiger partial charge on any atom is 0.181 e. The standard InChI is InChI=1S/C9H6BrFN2S.BrH/c10-8-7(13-9(12)14-8)5-1-3-6(11)4-2-5;/h1-4H,(H2,12,13);1H. The van der Waals surface area contributed by atoms with E-state index >= 15 is 0 Å². The summed E-state index contributed by atoms with van der Waals surface area (Å²) in [7, 11) is 0. The van der Waals surface area contributed by atoms with Crippen molar-refractivity contribution in [2.75, 3.05) is 5.73 Å². The highest BCUT2D eigenvalue weighted by molar-refractivity contribution is 9.11. The molecule has 0 amide bonds. The Kier molecular flexibility index (Phi) is 4.24. The van der Waals surface area contributed by atoms with E-state index in [4.69, 9.17) is 5.73 Å². The summed E-state index contributed by atoms with van der Waals surface area (Å²) in [5.41, 5.74) is 7.16. The molecule has 1 aromatic heterocycles. The molecule has 15 heavy (non-hydrogen) atoms. The van der Waals surface area contributed by atoms with Gasteiger partial charge in [0.05, 0.1) is 9.48 Å². The van der Waals surface area contributed by atoms with Crippen LogP contribution in [0.25, 0.3) is 11.3 Å². The molecule has 0 atom stereocenters. The number of nitrogens with two attached hydrogens (primary N) is 1. The monoisotopic (exact) mass is 352 g/mol. The second-order valence-electron chi connectivity index (χ2n) is 2.68. The van der Waals surface area contributed by atoms with Gasteiger partial charge >= 0.3 is 0 Å². The summed E-state index contributed by atoms with van der Waals surface area (Å²) in [6.45, 7) is 0. The van der Waals surface area contributed by atoms with Gasteiger partial charge in [-0.1, -0.05) is 11.3 Å². The van der Waals surface area contributed by atoms with E-state index in [1.54, 1.807) is 12.1 Å². The molecular weight excluding hydrogens is 347 g/mol. The van der Waals surface area contributed by atoms with Crippen molar-refractivity contribution in [1.29, 1.82) is 0 Å². The predicted molar refractivity (Wildman–Crippen MR) is 69.9 cm³/mol. The Morgan fingerprint density at radius 1 is 1.27 bits per heavy atom. The topological polar surface area (TPSA) is 38.9 Å². The van der Waals surface area contributed by atoms with E-state index in [9.17, 15) is 4.39 Å². The zero-order chi connectivity index (χ0) is 10.1. The van der Waals surface area contributed by atoms with Crippen LogP contribution >= 0.6 is 44.2 Å². The molecule has 80 valence electrons. The molecule has 0 saturated carbocycles. The largest absolute Gasteiger partial charge is 0.375 e. The number of rotatable bonds is 1. The van der Waals surface area contributed by atoms with Crippen molar-refractivity contribution in [3.05, 3.63) is 33.9 Å². The van der Waals surface area contributed by atoms with Crippen molar-refractivity contribution in [1.82, 2.24) is 4.98 Å². The Morgan fingerprint density at radius 3 is 2.33 bits per heavy atom. The number of thiazole rings is 1. The highest BCUT2D eigenvalue weighted by atomic mass is 79.9. The summed E-state index contributed by atoms with van der Waals surface area (Å²) in [4.78, 5) is 4.14. The van der Waals surface area contributed by atoms with Gasteiger partial charge in [-0.25, -0.2) is 9.37 Å². The van der Waals surface area contributed by atoms with Crippen LogP contribution in [0.3, 0.4) is 0 Å². The maximum atomic E-state index is 12.7. The smallest absolute Gasteiger partial charge is 0.181 e. The SMILES string of the molecule is Br.Nc1nc(-c2ccc(F)cc2)c(Br)s1. The number of benzene rings is 1. The minimum atomic E-state index is -0.256. The minimum Gasteiger partial charge on any atom is -0.375 e. The lowest BCUT2D eigenvalue weighted by atomic mass is 10.2. The molecule has 0 aliphatic rings. The molecule has 0 bridgehead atoms. The molecule has 1 heterocycles. The Morgan fingerprint density at radius 2 is 1.87 bits per heavy atom. The van der Waals surface area contributed by atoms with Gasteiger partial charge in [-0.15, -0.1) is 17.0 Å². The molecule has 0 aliphatic heterocycles. The molecule has 0 spiro atoms. The fourth-order valence-electron chi connectivity index (χ4n) is 1.10. The van der Waals surface area contributed by atoms with Gasteiger partial charge in [-0.05, 0) is 40.2 Å². The van der Waals surface area contributed by atoms with Gasteiger partial charge in [0, 0.05) is 5.56 Å². The summed E-state index contributed by atoms with van der Waals surface area (Å²) in [5.74, 6) is -0.256. The van der Waals surface area contributed by atoms with E-state index in [-0.39, 0.29) is 22.8 Å². The molecule has 2 aromatic rings. The fourth-order valence-corrected chi connectivity index (χ4v) is 2.50. The number of aromatic nitrogens is 1. The van der Waals surface area contributed by atoms with Crippen LogP contribution in [0.1, 0.15) is 0 Å². The molecule has 2 rings (SSSR count). The molecule has 0 unspecified atom stereocenters. The first kappa shape index (κ1) is 12.6. The molecule has 2 N–H and O–H groups in total. The molecular formula is C9H7Br2FN2S. The van der Waals surface area contributed by atoms with Crippen molar-refractivity contribution >= 4 is 49.4 Å². The van der Waals surface area contributed by atoms with Gasteiger partial charge in [0.25, 0.3) is 0 Å². The number of nitrogens with zero attached hydrogens (tertiary/aromatic N) is 1. The van der Waals surface area contributed by atoms with Gasteiger partial charge in [-0.3, -0.25) is 0 Å². The zero-order valence-electron chi connectivity index (χ0n) is 7.41. The van der Waals surface area contributed by atoms with Crippen LogP contribution in [-0.2, 0) is 0 Å². The second kappa shape index (κ2) is 5.05. The minimum absolute atomic E-state index is 0. The van der Waals surface area contributed by atoms with Crippen molar-refractivity contribution in [2.24, 2.45) is 0 Å². The lowest BCUT2D eigenvalue weighted by molar-refractivity contribution is 0.628. The molecule has 0 saturated heterocycles. The quantitative estimate of drug-likeness (QED) is 0.845. The van der Waals surface area contributed by atoms with E-state index in [1.807, 2.05) is 0 Å². The van der Waals surface area contributed by atoms with E-state index in [2.05, 4.69) is 20.9 Å². The molecule has 1 aromatic carbocycles. The summed E-state index contributed by atoms with van der Waals surface area (Å²) < 4.78 is 13.5.